The third-order valence-electron chi connectivity index (χ3n) is 2.74. The van der Waals surface area contributed by atoms with E-state index in [0.29, 0.717) is 6.04 Å². The number of thiazole rings is 1. The minimum Gasteiger partial charge on any atom is -0.309 e. The van der Waals surface area contributed by atoms with Gasteiger partial charge < -0.3 is 5.32 Å². The van der Waals surface area contributed by atoms with Gasteiger partial charge in [-0.1, -0.05) is 30.7 Å². The molecule has 0 bridgehead atoms. The van der Waals surface area contributed by atoms with Crippen molar-refractivity contribution < 1.29 is 0 Å². The van der Waals surface area contributed by atoms with Crippen molar-refractivity contribution in [3.63, 3.8) is 0 Å². The Morgan fingerprint density at radius 3 is 2.94 bits per heavy atom. The quantitative estimate of drug-likeness (QED) is 0.888. The predicted molar refractivity (Wildman–Crippen MR) is 74.4 cm³/mol. The number of aromatic nitrogens is 1. The highest BCUT2D eigenvalue weighted by Crippen LogP contribution is 2.26. The molecule has 2 nitrogen and oxygen atoms in total. The smallest absolute Gasteiger partial charge is 0.123 e. The summed E-state index contributed by atoms with van der Waals surface area (Å²) in [5, 5.41) is 6.63. The Morgan fingerprint density at radius 2 is 2.24 bits per heavy atom. The highest BCUT2D eigenvalue weighted by atomic mass is 32.1. The van der Waals surface area contributed by atoms with Crippen LogP contribution in [0.3, 0.4) is 0 Å². The molecule has 1 heterocycles. The minimum atomic E-state index is 0.329. The van der Waals surface area contributed by atoms with E-state index in [2.05, 4.69) is 55.7 Å². The highest BCUT2D eigenvalue weighted by Gasteiger charge is 2.09. The second-order valence-electron chi connectivity index (χ2n) is 4.23. The van der Waals surface area contributed by atoms with Crippen LogP contribution in [0.2, 0.25) is 0 Å². The van der Waals surface area contributed by atoms with Crippen LogP contribution in [-0.2, 0) is 0 Å². The SMILES string of the molecule is CCNC(C)c1csc(-c2cccc(C)c2)n1. The largest absolute Gasteiger partial charge is 0.309 e. The zero-order chi connectivity index (χ0) is 12.3. The van der Waals surface area contributed by atoms with Gasteiger partial charge in [0.25, 0.3) is 0 Å². The fourth-order valence-corrected chi connectivity index (χ4v) is 2.72. The molecule has 17 heavy (non-hydrogen) atoms. The van der Waals surface area contributed by atoms with Gasteiger partial charge in [0.15, 0.2) is 0 Å². The predicted octanol–water partition coefficient (Wildman–Crippen LogP) is 3.79. The molecule has 3 heteroatoms. The van der Waals surface area contributed by atoms with Gasteiger partial charge in [-0.05, 0) is 26.5 Å². The molecule has 1 atom stereocenters. The summed E-state index contributed by atoms with van der Waals surface area (Å²) in [4.78, 5) is 4.70. The number of rotatable bonds is 4. The van der Waals surface area contributed by atoms with Crippen molar-refractivity contribution in [1.82, 2.24) is 10.3 Å². The van der Waals surface area contributed by atoms with E-state index in [4.69, 9.17) is 4.98 Å². The van der Waals surface area contributed by atoms with Crippen molar-refractivity contribution in [1.29, 1.82) is 0 Å². The van der Waals surface area contributed by atoms with Crippen molar-refractivity contribution in [2.24, 2.45) is 0 Å². The van der Waals surface area contributed by atoms with E-state index in [-0.39, 0.29) is 0 Å². The first-order valence-electron chi connectivity index (χ1n) is 5.96. The fraction of sp³-hybridized carbons (Fsp3) is 0.357. The number of aryl methyl sites for hydroxylation is 1. The van der Waals surface area contributed by atoms with Crippen LogP contribution in [0.25, 0.3) is 10.6 Å². The first-order chi connectivity index (χ1) is 8.20. The summed E-state index contributed by atoms with van der Waals surface area (Å²) >= 11 is 1.71. The van der Waals surface area contributed by atoms with Crippen LogP contribution >= 0.6 is 11.3 Å². The number of nitrogens with zero attached hydrogens (tertiary/aromatic N) is 1. The van der Waals surface area contributed by atoms with Gasteiger partial charge >= 0.3 is 0 Å². The lowest BCUT2D eigenvalue weighted by Crippen LogP contribution is -2.17. The molecule has 1 aromatic heterocycles. The van der Waals surface area contributed by atoms with E-state index in [9.17, 15) is 0 Å². The molecule has 0 saturated carbocycles. The maximum atomic E-state index is 4.70. The summed E-state index contributed by atoms with van der Waals surface area (Å²) in [6.07, 6.45) is 0. The maximum Gasteiger partial charge on any atom is 0.123 e. The van der Waals surface area contributed by atoms with Crippen LogP contribution in [0.1, 0.15) is 31.1 Å². The average Bonchev–Trinajstić information content (AvgIpc) is 2.78. The van der Waals surface area contributed by atoms with E-state index < -0.39 is 0 Å². The molecular weight excluding hydrogens is 228 g/mol. The highest BCUT2D eigenvalue weighted by molar-refractivity contribution is 7.13. The number of benzene rings is 1. The monoisotopic (exact) mass is 246 g/mol. The van der Waals surface area contributed by atoms with Gasteiger partial charge in [-0.15, -0.1) is 11.3 Å². The van der Waals surface area contributed by atoms with Crippen LogP contribution in [0, 0.1) is 6.92 Å². The molecule has 2 aromatic rings. The first-order valence-corrected chi connectivity index (χ1v) is 6.84. The van der Waals surface area contributed by atoms with E-state index in [1.54, 1.807) is 11.3 Å². The lowest BCUT2D eigenvalue weighted by molar-refractivity contribution is 0.587. The molecule has 0 radical (unpaired) electrons. The van der Waals surface area contributed by atoms with Crippen molar-refractivity contribution in [3.05, 3.63) is 40.9 Å². The molecule has 0 spiro atoms. The van der Waals surface area contributed by atoms with E-state index in [1.165, 1.54) is 11.1 Å². The van der Waals surface area contributed by atoms with Crippen LogP contribution in [0.4, 0.5) is 0 Å². The Morgan fingerprint density at radius 1 is 1.41 bits per heavy atom. The van der Waals surface area contributed by atoms with Crippen LogP contribution in [0.5, 0.6) is 0 Å². The van der Waals surface area contributed by atoms with Gasteiger partial charge in [0, 0.05) is 17.0 Å². The topological polar surface area (TPSA) is 24.9 Å². The fourth-order valence-electron chi connectivity index (χ4n) is 1.81. The van der Waals surface area contributed by atoms with Gasteiger partial charge in [-0.2, -0.15) is 0 Å². The first kappa shape index (κ1) is 12.3. The van der Waals surface area contributed by atoms with Crippen molar-refractivity contribution >= 4 is 11.3 Å². The molecule has 2 rings (SSSR count). The minimum absolute atomic E-state index is 0.329. The molecule has 1 aromatic carbocycles. The zero-order valence-electron chi connectivity index (χ0n) is 10.5. The molecule has 0 aliphatic rings. The van der Waals surface area contributed by atoms with Crippen LogP contribution in [0.15, 0.2) is 29.6 Å². The van der Waals surface area contributed by atoms with Crippen LogP contribution < -0.4 is 5.32 Å². The van der Waals surface area contributed by atoms with Gasteiger partial charge in [0.1, 0.15) is 5.01 Å². The van der Waals surface area contributed by atoms with Crippen molar-refractivity contribution in [3.8, 4) is 10.6 Å². The van der Waals surface area contributed by atoms with E-state index in [0.717, 1.165) is 17.2 Å². The second kappa shape index (κ2) is 5.43. The lowest BCUT2D eigenvalue weighted by atomic mass is 10.1. The Bertz CT molecular complexity index is 490. The maximum absolute atomic E-state index is 4.70. The summed E-state index contributed by atoms with van der Waals surface area (Å²) in [5.41, 5.74) is 3.62. The third kappa shape index (κ3) is 2.93. The number of hydrogen-bond donors (Lipinski definition) is 1. The molecule has 0 aliphatic heterocycles. The Labute approximate surface area is 107 Å². The van der Waals surface area contributed by atoms with Crippen molar-refractivity contribution in [2.45, 2.75) is 26.8 Å². The van der Waals surface area contributed by atoms with Gasteiger partial charge in [0.05, 0.1) is 5.69 Å². The van der Waals surface area contributed by atoms with E-state index >= 15 is 0 Å². The Hall–Kier alpha value is -1.19. The summed E-state index contributed by atoms with van der Waals surface area (Å²) in [7, 11) is 0. The zero-order valence-corrected chi connectivity index (χ0v) is 11.3. The van der Waals surface area contributed by atoms with E-state index in [1.807, 2.05) is 0 Å². The Kier molecular flexibility index (Phi) is 3.92. The van der Waals surface area contributed by atoms with Gasteiger partial charge in [-0.3, -0.25) is 0 Å². The summed E-state index contributed by atoms with van der Waals surface area (Å²) < 4.78 is 0. The molecule has 0 aliphatic carbocycles. The third-order valence-corrected chi connectivity index (χ3v) is 3.65. The second-order valence-corrected chi connectivity index (χ2v) is 5.08. The molecule has 1 unspecified atom stereocenters. The molecule has 0 saturated heterocycles. The van der Waals surface area contributed by atoms with Gasteiger partial charge in [-0.25, -0.2) is 4.98 Å². The molecule has 90 valence electrons. The number of nitrogens with one attached hydrogen (secondary N) is 1. The van der Waals surface area contributed by atoms with Crippen molar-refractivity contribution in [2.75, 3.05) is 6.54 Å². The normalized spacial score (nSPS) is 12.6. The molecule has 1 N–H and O–H groups in total. The molecular formula is C14H18N2S. The van der Waals surface area contributed by atoms with Gasteiger partial charge in [0.2, 0.25) is 0 Å². The summed E-state index contributed by atoms with van der Waals surface area (Å²) in [5.74, 6) is 0. The summed E-state index contributed by atoms with van der Waals surface area (Å²) in [6, 6.07) is 8.82. The molecule has 0 fully saturated rings. The standard InChI is InChI=1S/C14H18N2S/c1-4-15-11(3)13-9-17-14(16-13)12-7-5-6-10(2)8-12/h5-9,11,15H,4H2,1-3H3. The molecule has 0 amide bonds. The van der Waals surface area contributed by atoms with Crippen LogP contribution in [-0.4, -0.2) is 11.5 Å². The average molecular weight is 246 g/mol. The number of hydrogen-bond acceptors (Lipinski definition) is 3. The summed E-state index contributed by atoms with van der Waals surface area (Å²) in [6.45, 7) is 7.35. The Balaban J connectivity index is 2.23. The lowest BCUT2D eigenvalue weighted by Gasteiger charge is -2.08.